The molecule has 5 rings (SSSR count). The molecule has 148 valence electrons. The number of halogens is 2. The predicted molar refractivity (Wildman–Crippen MR) is 111 cm³/mol. The number of benzene rings is 2. The summed E-state index contributed by atoms with van der Waals surface area (Å²) >= 11 is 5.99. The second-order valence-electron chi connectivity index (χ2n) is 7.79. The molecule has 1 aromatic heterocycles. The van der Waals surface area contributed by atoms with Gasteiger partial charge in [0.1, 0.15) is 18.0 Å². The monoisotopic (exact) mass is 410 g/mol. The van der Waals surface area contributed by atoms with Gasteiger partial charge < -0.3 is 9.80 Å². The van der Waals surface area contributed by atoms with Crippen molar-refractivity contribution in [3.05, 3.63) is 65.2 Å². The van der Waals surface area contributed by atoms with Crippen molar-refractivity contribution in [2.45, 2.75) is 24.8 Å². The third-order valence-electron chi connectivity index (χ3n) is 6.15. The average Bonchev–Trinajstić information content (AvgIpc) is 2.74. The van der Waals surface area contributed by atoms with Gasteiger partial charge in [-0.2, -0.15) is 0 Å². The molecule has 0 aliphatic carbocycles. The molecule has 2 saturated heterocycles. The summed E-state index contributed by atoms with van der Waals surface area (Å²) in [4.78, 5) is 26.0. The van der Waals surface area contributed by atoms with Gasteiger partial charge in [-0.25, -0.2) is 14.4 Å². The Bertz CT molecular complexity index is 1100. The van der Waals surface area contributed by atoms with Crippen LogP contribution in [0.3, 0.4) is 0 Å². The summed E-state index contributed by atoms with van der Waals surface area (Å²) in [5.41, 5.74) is 0.775. The van der Waals surface area contributed by atoms with Gasteiger partial charge in [0.25, 0.3) is 5.91 Å². The van der Waals surface area contributed by atoms with Gasteiger partial charge in [0.15, 0.2) is 0 Å². The molecule has 2 fully saturated rings. The molecule has 1 atom stereocenters. The van der Waals surface area contributed by atoms with Crippen LogP contribution in [-0.2, 0) is 0 Å². The van der Waals surface area contributed by atoms with Gasteiger partial charge in [0.05, 0.1) is 16.6 Å². The molecule has 0 N–H and O–H groups in total. The number of amides is 1. The Kier molecular flexibility index (Phi) is 4.39. The number of rotatable bonds is 2. The molecule has 1 amide bonds. The number of hydrogen-bond donors (Lipinski definition) is 0. The number of hydrogen-bond acceptors (Lipinski definition) is 4. The van der Waals surface area contributed by atoms with E-state index < -0.39 is 5.82 Å². The third-order valence-corrected chi connectivity index (χ3v) is 6.39. The number of fused-ring (bicyclic) bond motifs is 1. The fourth-order valence-electron chi connectivity index (χ4n) is 4.62. The second kappa shape index (κ2) is 6.95. The molecule has 0 radical (unpaired) electrons. The first-order valence-corrected chi connectivity index (χ1v) is 10.2. The molecule has 0 bridgehead atoms. The van der Waals surface area contributed by atoms with E-state index in [-0.39, 0.29) is 17.0 Å². The van der Waals surface area contributed by atoms with E-state index in [1.54, 1.807) is 11.2 Å². The Balaban J connectivity index is 1.45. The van der Waals surface area contributed by atoms with Crippen LogP contribution in [0.15, 0.2) is 48.8 Å². The van der Waals surface area contributed by atoms with Crippen LogP contribution in [0.1, 0.15) is 29.6 Å². The zero-order valence-electron chi connectivity index (χ0n) is 15.8. The Morgan fingerprint density at radius 1 is 1.10 bits per heavy atom. The van der Waals surface area contributed by atoms with Crippen molar-refractivity contribution in [2.75, 3.05) is 24.5 Å². The van der Waals surface area contributed by atoms with E-state index in [1.807, 2.05) is 24.3 Å². The second-order valence-corrected chi connectivity index (χ2v) is 8.23. The largest absolute Gasteiger partial charge is 0.348 e. The molecule has 0 unspecified atom stereocenters. The van der Waals surface area contributed by atoms with E-state index >= 15 is 0 Å². The standard InChI is InChI=1S/C22H20ClFN4O/c23-15-6-7-18(24)17(12-15)21(29)27-10-3-8-22(13-27)9-11-28(22)20-16-4-1-2-5-19(16)25-14-26-20/h1-2,4-7,12,14H,3,8-11,13H2/t22-/m0/s1. The fourth-order valence-corrected chi connectivity index (χ4v) is 4.79. The summed E-state index contributed by atoms with van der Waals surface area (Å²) in [6.45, 7) is 2.05. The zero-order valence-corrected chi connectivity index (χ0v) is 16.6. The fraction of sp³-hybridized carbons (Fsp3) is 0.318. The number of nitrogens with zero attached hydrogens (tertiary/aromatic N) is 4. The van der Waals surface area contributed by atoms with Crippen molar-refractivity contribution in [1.82, 2.24) is 14.9 Å². The van der Waals surface area contributed by atoms with E-state index in [2.05, 4.69) is 14.9 Å². The highest BCUT2D eigenvalue weighted by molar-refractivity contribution is 6.31. The first kappa shape index (κ1) is 18.3. The highest BCUT2D eigenvalue weighted by atomic mass is 35.5. The van der Waals surface area contributed by atoms with E-state index in [0.717, 1.165) is 42.5 Å². The summed E-state index contributed by atoms with van der Waals surface area (Å²) in [5, 5.41) is 1.37. The van der Waals surface area contributed by atoms with Gasteiger partial charge >= 0.3 is 0 Å². The highest BCUT2D eigenvalue weighted by Gasteiger charge is 2.49. The van der Waals surface area contributed by atoms with Crippen LogP contribution in [0, 0.1) is 5.82 Å². The minimum absolute atomic E-state index is 0.0351. The number of para-hydroxylation sites is 1. The lowest BCUT2D eigenvalue weighted by molar-refractivity contribution is 0.0558. The molecule has 2 aliphatic heterocycles. The van der Waals surface area contributed by atoms with Crippen molar-refractivity contribution in [2.24, 2.45) is 0 Å². The maximum Gasteiger partial charge on any atom is 0.256 e. The summed E-state index contributed by atoms with van der Waals surface area (Å²) in [6, 6.07) is 12.1. The van der Waals surface area contributed by atoms with Crippen LogP contribution in [0.5, 0.6) is 0 Å². The first-order valence-electron chi connectivity index (χ1n) is 9.79. The van der Waals surface area contributed by atoms with Crippen LogP contribution >= 0.6 is 11.6 Å². The van der Waals surface area contributed by atoms with E-state index in [1.165, 1.54) is 18.2 Å². The number of carbonyl (C=O) groups is 1. The SMILES string of the molecule is O=C(c1cc(Cl)ccc1F)N1CCC[C@]2(CCN2c2ncnc3ccccc23)C1. The molecule has 5 nitrogen and oxygen atoms in total. The summed E-state index contributed by atoms with van der Waals surface area (Å²) in [6.07, 6.45) is 4.42. The number of anilines is 1. The van der Waals surface area contributed by atoms with Crippen LogP contribution < -0.4 is 4.90 Å². The lowest BCUT2D eigenvalue weighted by atomic mass is 9.77. The van der Waals surface area contributed by atoms with Crippen molar-refractivity contribution in [1.29, 1.82) is 0 Å². The van der Waals surface area contributed by atoms with Crippen molar-refractivity contribution in [3.63, 3.8) is 0 Å². The van der Waals surface area contributed by atoms with E-state index in [0.29, 0.717) is 18.1 Å². The number of likely N-dealkylation sites (tertiary alicyclic amines) is 1. The van der Waals surface area contributed by atoms with Crippen LogP contribution in [0.2, 0.25) is 5.02 Å². The van der Waals surface area contributed by atoms with Gasteiger partial charge in [-0.05, 0) is 49.6 Å². The molecule has 2 aliphatic rings. The van der Waals surface area contributed by atoms with Crippen LogP contribution in [0.4, 0.5) is 10.2 Å². The van der Waals surface area contributed by atoms with Crippen LogP contribution in [0.25, 0.3) is 10.9 Å². The molecular formula is C22H20ClFN4O. The van der Waals surface area contributed by atoms with Gasteiger partial charge in [-0.1, -0.05) is 23.7 Å². The number of carbonyl (C=O) groups excluding carboxylic acids is 1. The van der Waals surface area contributed by atoms with Crippen molar-refractivity contribution >= 4 is 34.2 Å². The van der Waals surface area contributed by atoms with Gasteiger partial charge in [0.2, 0.25) is 0 Å². The lowest BCUT2D eigenvalue weighted by Gasteiger charge is -2.57. The van der Waals surface area contributed by atoms with Crippen molar-refractivity contribution in [3.8, 4) is 0 Å². The molecule has 7 heteroatoms. The van der Waals surface area contributed by atoms with Gasteiger partial charge in [-0.3, -0.25) is 4.79 Å². The molecule has 1 spiro atoms. The Hall–Kier alpha value is -2.73. The quantitative estimate of drug-likeness (QED) is 0.631. The van der Waals surface area contributed by atoms with Crippen molar-refractivity contribution < 1.29 is 9.18 Å². The lowest BCUT2D eigenvalue weighted by Crippen LogP contribution is -2.68. The van der Waals surface area contributed by atoms with Gasteiger partial charge in [-0.15, -0.1) is 0 Å². The number of piperidine rings is 1. The molecular weight excluding hydrogens is 391 g/mol. The molecule has 0 saturated carbocycles. The summed E-state index contributed by atoms with van der Waals surface area (Å²) in [7, 11) is 0. The molecule has 2 aromatic carbocycles. The Labute approximate surface area is 173 Å². The predicted octanol–water partition coefficient (Wildman–Crippen LogP) is 4.31. The maximum absolute atomic E-state index is 14.2. The highest BCUT2D eigenvalue weighted by Crippen LogP contribution is 2.43. The minimum atomic E-state index is -0.536. The Morgan fingerprint density at radius 2 is 1.97 bits per heavy atom. The first-order chi connectivity index (χ1) is 14.1. The normalized spacial score (nSPS) is 21.4. The van der Waals surface area contributed by atoms with Crippen LogP contribution in [-0.4, -0.2) is 45.9 Å². The zero-order chi connectivity index (χ0) is 20.0. The number of aromatic nitrogens is 2. The third kappa shape index (κ3) is 3.02. The maximum atomic E-state index is 14.2. The Morgan fingerprint density at radius 3 is 2.79 bits per heavy atom. The topological polar surface area (TPSA) is 49.3 Å². The van der Waals surface area contributed by atoms with Gasteiger partial charge in [0, 0.05) is 30.0 Å². The van der Waals surface area contributed by atoms with E-state index in [4.69, 9.17) is 11.6 Å². The summed E-state index contributed by atoms with van der Waals surface area (Å²) in [5.74, 6) is 0.0693. The van der Waals surface area contributed by atoms with E-state index in [9.17, 15) is 9.18 Å². The average molecular weight is 411 g/mol. The summed E-state index contributed by atoms with van der Waals surface area (Å²) < 4.78 is 14.2. The molecule has 3 aromatic rings. The smallest absolute Gasteiger partial charge is 0.256 e. The molecule has 3 heterocycles. The molecule has 29 heavy (non-hydrogen) atoms. The minimum Gasteiger partial charge on any atom is -0.348 e.